The van der Waals surface area contributed by atoms with E-state index >= 15 is 0 Å². The van der Waals surface area contributed by atoms with Gasteiger partial charge in [-0.2, -0.15) is 0 Å². The Kier molecular flexibility index (Phi) is 6.39. The average molecular weight is 172 g/mol. The second-order valence-electron chi connectivity index (χ2n) is 3.72. The van der Waals surface area contributed by atoms with E-state index in [9.17, 15) is 0 Å². The molecular weight excluding hydrogens is 148 g/mol. The van der Waals surface area contributed by atoms with Crippen molar-refractivity contribution in [3.8, 4) is 0 Å². The van der Waals surface area contributed by atoms with Crippen molar-refractivity contribution in [1.82, 2.24) is 4.90 Å². The van der Waals surface area contributed by atoms with Gasteiger partial charge in [-0.05, 0) is 39.8 Å². The van der Waals surface area contributed by atoms with Crippen molar-refractivity contribution >= 4 is 0 Å². The van der Waals surface area contributed by atoms with Gasteiger partial charge in [0, 0.05) is 12.1 Å². The molecule has 0 aromatic carbocycles. The molecule has 2 N–H and O–H groups in total. The molecular formula is C10H24N2. The summed E-state index contributed by atoms with van der Waals surface area (Å²) in [5, 5.41) is 0. The van der Waals surface area contributed by atoms with Crippen LogP contribution in [0.2, 0.25) is 0 Å². The van der Waals surface area contributed by atoms with E-state index in [4.69, 9.17) is 5.73 Å². The highest BCUT2D eigenvalue weighted by molar-refractivity contribution is 4.66. The largest absolute Gasteiger partial charge is 0.328 e. The van der Waals surface area contributed by atoms with E-state index in [0.717, 1.165) is 19.0 Å². The molecule has 0 saturated carbocycles. The van der Waals surface area contributed by atoms with Crippen molar-refractivity contribution in [3.63, 3.8) is 0 Å². The molecule has 2 nitrogen and oxygen atoms in total. The summed E-state index contributed by atoms with van der Waals surface area (Å²) < 4.78 is 0. The van der Waals surface area contributed by atoms with Crippen LogP contribution < -0.4 is 5.73 Å². The zero-order valence-electron chi connectivity index (χ0n) is 9.01. The van der Waals surface area contributed by atoms with Crippen LogP contribution in [0.4, 0.5) is 0 Å². The third-order valence-corrected chi connectivity index (χ3v) is 2.50. The molecule has 0 bridgehead atoms. The van der Waals surface area contributed by atoms with Crippen LogP contribution in [-0.4, -0.2) is 30.6 Å². The Morgan fingerprint density at radius 1 is 1.25 bits per heavy atom. The van der Waals surface area contributed by atoms with Gasteiger partial charge in [0.15, 0.2) is 0 Å². The van der Waals surface area contributed by atoms with E-state index in [2.05, 4.69) is 32.7 Å². The molecule has 0 aromatic rings. The van der Waals surface area contributed by atoms with Gasteiger partial charge in [-0.3, -0.25) is 0 Å². The minimum atomic E-state index is 0.335. The Labute approximate surface area is 77.1 Å². The first kappa shape index (κ1) is 11.9. The topological polar surface area (TPSA) is 29.3 Å². The van der Waals surface area contributed by atoms with Crippen LogP contribution in [0, 0.1) is 0 Å². The van der Waals surface area contributed by atoms with Crippen LogP contribution >= 0.6 is 0 Å². The van der Waals surface area contributed by atoms with Gasteiger partial charge < -0.3 is 10.6 Å². The van der Waals surface area contributed by atoms with E-state index in [1.165, 1.54) is 12.8 Å². The molecule has 0 spiro atoms. The summed E-state index contributed by atoms with van der Waals surface area (Å²) in [5.74, 6) is 0. The third-order valence-electron chi connectivity index (χ3n) is 2.50. The second kappa shape index (κ2) is 6.44. The molecule has 12 heavy (non-hydrogen) atoms. The van der Waals surface area contributed by atoms with E-state index in [1.54, 1.807) is 0 Å². The molecule has 0 saturated heterocycles. The van der Waals surface area contributed by atoms with Gasteiger partial charge in [-0.25, -0.2) is 0 Å². The predicted octanol–water partition coefficient (Wildman–Crippen LogP) is 1.84. The monoisotopic (exact) mass is 172 g/mol. The number of nitrogens with zero attached hydrogens (tertiary/aromatic N) is 1. The van der Waals surface area contributed by atoms with Crippen molar-refractivity contribution in [1.29, 1.82) is 0 Å². The van der Waals surface area contributed by atoms with E-state index in [0.29, 0.717) is 6.04 Å². The molecule has 0 amide bonds. The highest BCUT2D eigenvalue weighted by Crippen LogP contribution is 2.06. The summed E-state index contributed by atoms with van der Waals surface area (Å²) in [4.78, 5) is 2.42. The Hall–Kier alpha value is -0.0800. The lowest BCUT2D eigenvalue weighted by Gasteiger charge is -2.26. The normalized spacial score (nSPS) is 14.2. The van der Waals surface area contributed by atoms with Crippen LogP contribution in [0.3, 0.4) is 0 Å². The fraction of sp³-hybridized carbons (Fsp3) is 1.00. The van der Waals surface area contributed by atoms with E-state index in [-0.39, 0.29) is 0 Å². The maximum absolute atomic E-state index is 5.70. The van der Waals surface area contributed by atoms with Gasteiger partial charge in [0.1, 0.15) is 0 Å². The summed E-state index contributed by atoms with van der Waals surface area (Å²) in [5.41, 5.74) is 5.70. The first-order chi connectivity index (χ1) is 5.61. The maximum atomic E-state index is 5.70. The van der Waals surface area contributed by atoms with Crippen LogP contribution in [-0.2, 0) is 0 Å². The zero-order chi connectivity index (χ0) is 9.56. The van der Waals surface area contributed by atoms with Gasteiger partial charge in [0.2, 0.25) is 0 Å². The summed E-state index contributed by atoms with van der Waals surface area (Å²) in [6.07, 6.45) is 3.59. The minimum absolute atomic E-state index is 0.335. The highest BCUT2D eigenvalue weighted by atomic mass is 15.1. The fourth-order valence-corrected chi connectivity index (χ4v) is 1.50. The lowest BCUT2D eigenvalue weighted by molar-refractivity contribution is 0.223. The molecule has 2 heteroatoms. The molecule has 0 fully saturated rings. The Morgan fingerprint density at radius 3 is 2.08 bits per heavy atom. The first-order valence-electron chi connectivity index (χ1n) is 5.07. The molecule has 0 heterocycles. The predicted molar refractivity (Wildman–Crippen MR) is 55.3 cm³/mol. The summed E-state index contributed by atoms with van der Waals surface area (Å²) in [7, 11) is 2.19. The third kappa shape index (κ3) is 4.73. The van der Waals surface area contributed by atoms with Crippen LogP contribution in [0.25, 0.3) is 0 Å². The lowest BCUT2D eigenvalue weighted by Crippen LogP contribution is -2.34. The fourth-order valence-electron chi connectivity index (χ4n) is 1.50. The number of rotatable bonds is 6. The molecule has 0 aliphatic rings. The zero-order valence-corrected chi connectivity index (χ0v) is 9.01. The van der Waals surface area contributed by atoms with Crippen molar-refractivity contribution < 1.29 is 0 Å². The average Bonchev–Trinajstić information content (AvgIpc) is 2.03. The van der Waals surface area contributed by atoms with Crippen LogP contribution in [0.15, 0.2) is 0 Å². The molecule has 0 radical (unpaired) electrons. The van der Waals surface area contributed by atoms with E-state index in [1.807, 2.05) is 0 Å². The van der Waals surface area contributed by atoms with Crippen molar-refractivity contribution in [3.05, 3.63) is 0 Å². The van der Waals surface area contributed by atoms with Gasteiger partial charge in [0.25, 0.3) is 0 Å². The molecule has 0 aromatic heterocycles. The molecule has 0 aliphatic heterocycles. The minimum Gasteiger partial charge on any atom is -0.328 e. The summed E-state index contributed by atoms with van der Waals surface area (Å²) in [6, 6.07) is 1.07. The number of nitrogens with two attached hydrogens (primary N) is 1. The Balaban J connectivity index is 3.61. The SMILES string of the molecule is CCC(CC)N(C)CCC(C)N. The maximum Gasteiger partial charge on any atom is 0.00869 e. The molecule has 0 rings (SSSR count). The van der Waals surface area contributed by atoms with Crippen molar-refractivity contribution in [2.45, 2.75) is 52.1 Å². The summed E-state index contributed by atoms with van der Waals surface area (Å²) in [6.45, 7) is 7.69. The van der Waals surface area contributed by atoms with Crippen LogP contribution in [0.5, 0.6) is 0 Å². The Bertz CT molecular complexity index is 98.0. The number of hydrogen-bond donors (Lipinski definition) is 1. The second-order valence-corrected chi connectivity index (χ2v) is 3.72. The van der Waals surface area contributed by atoms with E-state index < -0.39 is 0 Å². The Morgan fingerprint density at radius 2 is 1.75 bits per heavy atom. The van der Waals surface area contributed by atoms with Crippen molar-refractivity contribution in [2.24, 2.45) is 5.73 Å². The van der Waals surface area contributed by atoms with Crippen LogP contribution in [0.1, 0.15) is 40.0 Å². The highest BCUT2D eigenvalue weighted by Gasteiger charge is 2.09. The smallest absolute Gasteiger partial charge is 0.00869 e. The quantitative estimate of drug-likeness (QED) is 0.662. The summed E-state index contributed by atoms with van der Waals surface area (Å²) >= 11 is 0. The standard InChI is InChI=1S/C10H24N2/c1-5-10(6-2)12(4)8-7-9(3)11/h9-10H,5-8,11H2,1-4H3. The van der Waals surface area contributed by atoms with Gasteiger partial charge in [0.05, 0.1) is 0 Å². The lowest BCUT2D eigenvalue weighted by atomic mass is 10.1. The van der Waals surface area contributed by atoms with Crippen molar-refractivity contribution in [2.75, 3.05) is 13.6 Å². The number of hydrogen-bond acceptors (Lipinski definition) is 2. The van der Waals surface area contributed by atoms with Gasteiger partial charge >= 0.3 is 0 Å². The molecule has 1 atom stereocenters. The molecule has 74 valence electrons. The molecule has 0 aliphatic carbocycles. The van der Waals surface area contributed by atoms with Gasteiger partial charge in [-0.15, -0.1) is 0 Å². The first-order valence-corrected chi connectivity index (χ1v) is 5.07. The van der Waals surface area contributed by atoms with Gasteiger partial charge in [-0.1, -0.05) is 13.8 Å². The molecule has 1 unspecified atom stereocenters.